The predicted octanol–water partition coefficient (Wildman–Crippen LogP) is 1.26. The van der Waals surface area contributed by atoms with E-state index in [0.717, 1.165) is 50.7 Å². The fourth-order valence-corrected chi connectivity index (χ4v) is 4.22. The van der Waals surface area contributed by atoms with E-state index in [4.69, 9.17) is 4.74 Å². The number of nitrogens with zero attached hydrogens (tertiary/aromatic N) is 4. The molecule has 2 aliphatic heterocycles. The maximum atomic E-state index is 13.3. The van der Waals surface area contributed by atoms with Crippen LogP contribution in [0.15, 0.2) is 24.5 Å². The van der Waals surface area contributed by atoms with Gasteiger partial charge < -0.3 is 19.4 Å². The molecule has 2 fully saturated rings. The zero-order chi connectivity index (χ0) is 19.9. The van der Waals surface area contributed by atoms with Gasteiger partial charge >= 0.3 is 0 Å². The van der Waals surface area contributed by atoms with Crippen molar-refractivity contribution in [2.24, 2.45) is 5.92 Å². The van der Waals surface area contributed by atoms with Crippen molar-refractivity contribution in [3.05, 3.63) is 35.9 Å². The van der Waals surface area contributed by atoms with Crippen LogP contribution in [-0.2, 0) is 15.1 Å². The summed E-state index contributed by atoms with van der Waals surface area (Å²) in [7, 11) is 2.08. The van der Waals surface area contributed by atoms with Crippen LogP contribution >= 0.6 is 0 Å². The minimum Gasteiger partial charge on any atom is -0.381 e. The number of nitrogens with one attached hydrogen (secondary N) is 1. The quantitative estimate of drug-likeness (QED) is 0.840. The average Bonchev–Trinajstić information content (AvgIpc) is 3.05. The summed E-state index contributed by atoms with van der Waals surface area (Å²) in [5.74, 6) is 1.47. The smallest absolute Gasteiger partial charge is 0.239 e. The summed E-state index contributed by atoms with van der Waals surface area (Å²) in [6.45, 7) is 11.3. The Balaban J connectivity index is 1.53. The van der Waals surface area contributed by atoms with Gasteiger partial charge in [-0.1, -0.05) is 6.07 Å². The molecule has 0 radical (unpaired) electrons. The number of likely N-dealkylation sites (N-methyl/N-ethyl adjacent to an activating group) is 1. The van der Waals surface area contributed by atoms with E-state index in [1.165, 1.54) is 5.56 Å². The van der Waals surface area contributed by atoms with Crippen LogP contribution in [0.2, 0.25) is 0 Å². The van der Waals surface area contributed by atoms with E-state index in [9.17, 15) is 4.79 Å². The van der Waals surface area contributed by atoms with Crippen LogP contribution in [0, 0.1) is 12.8 Å². The third-order valence-corrected chi connectivity index (χ3v) is 5.97. The van der Waals surface area contributed by atoms with Crippen molar-refractivity contribution < 1.29 is 9.53 Å². The first-order valence-corrected chi connectivity index (χ1v) is 10.1. The molecular formula is C21H31N5O2. The summed E-state index contributed by atoms with van der Waals surface area (Å²) >= 11 is 0. The molecule has 1 N–H and O–H groups in total. The second kappa shape index (κ2) is 7.46. The van der Waals surface area contributed by atoms with E-state index in [1.54, 1.807) is 0 Å². The van der Waals surface area contributed by atoms with Crippen molar-refractivity contribution >= 4 is 11.4 Å². The molecule has 28 heavy (non-hydrogen) atoms. The Hall–Kier alpha value is -1.96. The summed E-state index contributed by atoms with van der Waals surface area (Å²) < 4.78 is 7.40. The maximum absolute atomic E-state index is 13.3. The average molecular weight is 386 g/mol. The Kier molecular flexibility index (Phi) is 5.16. The molecule has 0 bridgehead atoms. The number of aromatic nitrogens is 2. The Morgan fingerprint density at radius 3 is 2.86 bits per heavy atom. The standard InChI is InChI=1S/C21H31N5O2/c1-15-6-5-7-26-17(15)10-22-20(26)21(2,3)23-19(27)18-12-24(4)8-9-25(18)11-16-13-28-14-16/h5-7,10,16,18H,8-9,11-14H2,1-4H3,(H,23,27)/t18-/m0/s1. The molecule has 7 nitrogen and oxygen atoms in total. The molecule has 152 valence electrons. The highest BCUT2D eigenvalue weighted by Crippen LogP contribution is 2.23. The van der Waals surface area contributed by atoms with E-state index in [0.29, 0.717) is 5.92 Å². The molecule has 2 saturated heterocycles. The first-order valence-electron chi connectivity index (χ1n) is 10.1. The van der Waals surface area contributed by atoms with Crippen molar-refractivity contribution in [3.63, 3.8) is 0 Å². The van der Waals surface area contributed by atoms with Gasteiger partial charge in [-0.3, -0.25) is 9.69 Å². The summed E-state index contributed by atoms with van der Waals surface area (Å²) in [4.78, 5) is 22.5. The van der Waals surface area contributed by atoms with Crippen molar-refractivity contribution in [2.45, 2.75) is 32.4 Å². The molecule has 0 unspecified atom stereocenters. The van der Waals surface area contributed by atoms with Crippen LogP contribution in [0.5, 0.6) is 0 Å². The molecule has 4 rings (SSSR count). The van der Waals surface area contributed by atoms with Crippen molar-refractivity contribution in [2.75, 3.05) is 46.4 Å². The number of ether oxygens (including phenoxy) is 1. The second-order valence-corrected chi connectivity index (χ2v) is 8.82. The molecule has 1 atom stereocenters. The van der Waals surface area contributed by atoms with Crippen molar-refractivity contribution in [1.29, 1.82) is 0 Å². The van der Waals surface area contributed by atoms with Crippen LogP contribution in [0.4, 0.5) is 0 Å². The zero-order valence-corrected chi connectivity index (χ0v) is 17.3. The maximum Gasteiger partial charge on any atom is 0.239 e. The van der Waals surface area contributed by atoms with Gasteiger partial charge in [0.2, 0.25) is 5.91 Å². The van der Waals surface area contributed by atoms with E-state index >= 15 is 0 Å². The van der Waals surface area contributed by atoms with Gasteiger partial charge in [-0.25, -0.2) is 4.98 Å². The van der Waals surface area contributed by atoms with Crippen LogP contribution in [-0.4, -0.2) is 77.6 Å². The summed E-state index contributed by atoms with van der Waals surface area (Å²) in [6.07, 6.45) is 3.89. The lowest BCUT2D eigenvalue weighted by atomic mass is 10.0. The molecule has 0 saturated carbocycles. The fourth-order valence-electron chi connectivity index (χ4n) is 4.22. The molecule has 1 amide bonds. The fraction of sp³-hybridized carbons (Fsp3) is 0.619. The summed E-state index contributed by atoms with van der Waals surface area (Å²) in [5, 5.41) is 3.28. The minimum atomic E-state index is -0.571. The lowest BCUT2D eigenvalue weighted by molar-refractivity contribution is -0.132. The van der Waals surface area contributed by atoms with Crippen molar-refractivity contribution in [3.8, 4) is 0 Å². The van der Waals surface area contributed by atoms with Crippen molar-refractivity contribution in [1.82, 2.24) is 24.5 Å². The van der Waals surface area contributed by atoms with Crippen LogP contribution in [0.1, 0.15) is 25.2 Å². The molecule has 2 aromatic rings. The Labute approximate surface area is 166 Å². The highest BCUT2D eigenvalue weighted by atomic mass is 16.5. The van der Waals surface area contributed by atoms with Gasteiger partial charge in [-0.05, 0) is 39.4 Å². The van der Waals surface area contributed by atoms with Gasteiger partial charge in [0.15, 0.2) is 0 Å². The topological polar surface area (TPSA) is 62.1 Å². The van der Waals surface area contributed by atoms with E-state index in [-0.39, 0.29) is 11.9 Å². The molecule has 4 heterocycles. The SMILES string of the molecule is Cc1cccn2c(C(C)(C)NC(=O)[C@@H]3CN(C)CCN3CC3COC3)ncc12. The molecule has 7 heteroatoms. The number of pyridine rings is 1. The van der Waals surface area contributed by atoms with Crippen LogP contribution < -0.4 is 5.32 Å². The van der Waals surface area contributed by atoms with Crippen LogP contribution in [0.3, 0.4) is 0 Å². The third-order valence-electron chi connectivity index (χ3n) is 5.97. The van der Waals surface area contributed by atoms with Gasteiger partial charge in [0.05, 0.1) is 30.5 Å². The Bertz CT molecular complexity index is 858. The molecule has 0 aromatic carbocycles. The number of carbonyl (C=O) groups is 1. The number of fused-ring (bicyclic) bond motifs is 1. The van der Waals surface area contributed by atoms with Gasteiger partial charge in [-0.15, -0.1) is 0 Å². The number of rotatable bonds is 5. The number of hydrogen-bond donors (Lipinski definition) is 1. The molecular weight excluding hydrogens is 354 g/mol. The highest BCUT2D eigenvalue weighted by Gasteiger charge is 2.37. The highest BCUT2D eigenvalue weighted by molar-refractivity contribution is 5.83. The molecule has 0 spiro atoms. The minimum absolute atomic E-state index is 0.0706. The lowest BCUT2D eigenvalue weighted by Gasteiger charge is -2.43. The lowest BCUT2D eigenvalue weighted by Crippen LogP contribution is -2.61. The monoisotopic (exact) mass is 385 g/mol. The normalized spacial score (nSPS) is 22.4. The van der Waals surface area contributed by atoms with E-state index in [1.807, 2.05) is 32.3 Å². The van der Waals surface area contributed by atoms with Gasteiger partial charge in [0.25, 0.3) is 0 Å². The number of amides is 1. The molecule has 0 aliphatic carbocycles. The largest absolute Gasteiger partial charge is 0.381 e. The number of aryl methyl sites for hydroxylation is 1. The predicted molar refractivity (Wildman–Crippen MR) is 108 cm³/mol. The summed E-state index contributed by atoms with van der Waals surface area (Å²) in [6, 6.07) is 3.95. The Morgan fingerprint density at radius 1 is 1.36 bits per heavy atom. The number of carbonyl (C=O) groups excluding carboxylic acids is 1. The third kappa shape index (κ3) is 3.66. The van der Waals surface area contributed by atoms with E-state index < -0.39 is 5.54 Å². The first kappa shape index (κ1) is 19.4. The number of piperazine rings is 1. The number of hydrogen-bond acceptors (Lipinski definition) is 5. The van der Waals surface area contributed by atoms with E-state index in [2.05, 4.69) is 44.5 Å². The summed E-state index contributed by atoms with van der Waals surface area (Å²) in [5.41, 5.74) is 1.67. The number of imidazole rings is 1. The van der Waals surface area contributed by atoms with Gasteiger partial charge in [-0.2, -0.15) is 0 Å². The Morgan fingerprint density at radius 2 is 2.14 bits per heavy atom. The zero-order valence-electron chi connectivity index (χ0n) is 17.3. The van der Waals surface area contributed by atoms with Gasteiger partial charge in [0.1, 0.15) is 11.9 Å². The second-order valence-electron chi connectivity index (χ2n) is 8.82. The van der Waals surface area contributed by atoms with Gasteiger partial charge in [0, 0.05) is 38.3 Å². The molecule has 2 aliphatic rings. The molecule has 2 aromatic heterocycles. The first-order chi connectivity index (χ1) is 13.3. The van der Waals surface area contributed by atoms with Crippen LogP contribution in [0.25, 0.3) is 5.52 Å².